The van der Waals surface area contributed by atoms with Gasteiger partial charge in [-0.3, -0.25) is 0 Å². The van der Waals surface area contributed by atoms with Crippen LogP contribution in [-0.4, -0.2) is 29.2 Å². The topological polar surface area (TPSA) is 29.3 Å². The minimum atomic E-state index is -0.265. The van der Waals surface area contributed by atoms with Gasteiger partial charge >= 0.3 is 0 Å². The fourth-order valence-electron chi connectivity index (χ4n) is 3.86. The molecule has 2 aliphatic rings. The monoisotopic (exact) mass is 260 g/mol. The molecule has 2 aliphatic heterocycles. The Balaban J connectivity index is 1.72. The number of rotatable bonds is 1. The summed E-state index contributed by atoms with van der Waals surface area (Å²) >= 11 is 0. The van der Waals surface area contributed by atoms with E-state index in [1.54, 1.807) is 6.07 Å². The summed E-state index contributed by atoms with van der Waals surface area (Å²) in [7, 11) is 2.23. The number of hydrogen-bond acceptors (Lipinski definition) is 3. The van der Waals surface area contributed by atoms with Gasteiger partial charge in [-0.05, 0) is 44.9 Å². The standard InChI is InChI=1S/C15H17FN2O/c1-18-11-3-4-12(18)7-9(6-11)15-13-5-2-10(16)8-14(13)19-17-15/h2,5,8-9,11-12H,3-4,6-7H2,1H3. The SMILES string of the molecule is CN1C2CCC1CC(c1noc3cc(F)ccc13)C2. The van der Waals surface area contributed by atoms with Crippen LogP contribution in [0, 0.1) is 5.82 Å². The number of benzene rings is 1. The van der Waals surface area contributed by atoms with Crippen LogP contribution >= 0.6 is 0 Å². The Morgan fingerprint density at radius 1 is 1.26 bits per heavy atom. The highest BCUT2D eigenvalue weighted by Gasteiger charge is 2.40. The maximum atomic E-state index is 13.2. The summed E-state index contributed by atoms with van der Waals surface area (Å²) in [5.41, 5.74) is 1.60. The third kappa shape index (κ3) is 1.70. The number of halogens is 1. The van der Waals surface area contributed by atoms with Gasteiger partial charge in [-0.15, -0.1) is 0 Å². The lowest BCUT2D eigenvalue weighted by atomic mass is 9.87. The minimum absolute atomic E-state index is 0.265. The van der Waals surface area contributed by atoms with Crippen molar-refractivity contribution in [2.45, 2.75) is 43.7 Å². The largest absolute Gasteiger partial charge is 0.356 e. The summed E-state index contributed by atoms with van der Waals surface area (Å²) in [4.78, 5) is 2.51. The zero-order valence-electron chi connectivity index (χ0n) is 11.0. The highest BCUT2D eigenvalue weighted by atomic mass is 19.1. The molecule has 19 heavy (non-hydrogen) atoms. The lowest BCUT2D eigenvalue weighted by Crippen LogP contribution is -2.39. The summed E-state index contributed by atoms with van der Waals surface area (Å²) in [6.07, 6.45) is 4.88. The summed E-state index contributed by atoms with van der Waals surface area (Å²) in [5.74, 6) is 0.194. The van der Waals surface area contributed by atoms with Gasteiger partial charge in [0.25, 0.3) is 0 Å². The molecule has 2 bridgehead atoms. The first kappa shape index (κ1) is 11.4. The summed E-state index contributed by atoms with van der Waals surface area (Å²) < 4.78 is 18.5. The molecule has 0 aliphatic carbocycles. The van der Waals surface area contributed by atoms with Crippen molar-refractivity contribution < 1.29 is 8.91 Å². The van der Waals surface area contributed by atoms with Crippen molar-refractivity contribution in [1.29, 1.82) is 0 Å². The first-order valence-electron chi connectivity index (χ1n) is 6.99. The molecule has 1 aromatic carbocycles. The smallest absolute Gasteiger partial charge is 0.170 e. The zero-order valence-corrected chi connectivity index (χ0v) is 11.0. The molecule has 0 spiro atoms. The van der Waals surface area contributed by atoms with Crippen LogP contribution in [0.15, 0.2) is 22.7 Å². The molecule has 2 unspecified atom stereocenters. The van der Waals surface area contributed by atoms with Crippen molar-refractivity contribution in [2.75, 3.05) is 7.05 Å². The van der Waals surface area contributed by atoms with Gasteiger partial charge in [0.1, 0.15) is 5.82 Å². The molecule has 0 N–H and O–H groups in total. The highest BCUT2D eigenvalue weighted by Crippen LogP contribution is 2.43. The average Bonchev–Trinajstić information content (AvgIpc) is 2.87. The van der Waals surface area contributed by atoms with Crippen molar-refractivity contribution in [2.24, 2.45) is 0 Å². The molecule has 3 nitrogen and oxygen atoms in total. The minimum Gasteiger partial charge on any atom is -0.356 e. The molecule has 0 radical (unpaired) electrons. The molecule has 1 aromatic heterocycles. The molecular weight excluding hydrogens is 243 g/mol. The van der Waals surface area contributed by atoms with Crippen LogP contribution in [0.2, 0.25) is 0 Å². The number of piperidine rings is 1. The highest BCUT2D eigenvalue weighted by molar-refractivity contribution is 5.79. The number of hydrogen-bond donors (Lipinski definition) is 0. The Bertz CT molecular complexity index is 610. The van der Waals surface area contributed by atoms with Gasteiger partial charge in [-0.2, -0.15) is 0 Å². The van der Waals surface area contributed by atoms with Crippen molar-refractivity contribution >= 4 is 11.0 Å². The van der Waals surface area contributed by atoms with Crippen LogP contribution in [0.3, 0.4) is 0 Å². The number of fused-ring (bicyclic) bond motifs is 3. The summed E-state index contributed by atoms with van der Waals surface area (Å²) in [6, 6.07) is 6.07. The second-order valence-corrected chi connectivity index (χ2v) is 5.93. The van der Waals surface area contributed by atoms with Gasteiger partial charge in [0, 0.05) is 29.5 Å². The van der Waals surface area contributed by atoms with E-state index in [9.17, 15) is 4.39 Å². The lowest BCUT2D eigenvalue weighted by molar-refractivity contribution is 0.159. The predicted octanol–water partition coefficient (Wildman–Crippen LogP) is 3.31. The van der Waals surface area contributed by atoms with Crippen LogP contribution in [-0.2, 0) is 0 Å². The Labute approximate surface area is 111 Å². The van der Waals surface area contributed by atoms with Gasteiger partial charge in [-0.25, -0.2) is 4.39 Å². The van der Waals surface area contributed by atoms with Crippen molar-refractivity contribution in [3.05, 3.63) is 29.7 Å². The maximum Gasteiger partial charge on any atom is 0.170 e. The van der Waals surface area contributed by atoms with E-state index in [1.807, 2.05) is 0 Å². The molecule has 0 saturated carbocycles. The number of nitrogens with zero attached hydrogens (tertiary/aromatic N) is 2. The van der Waals surface area contributed by atoms with Gasteiger partial charge in [0.05, 0.1) is 5.69 Å². The molecule has 4 heteroatoms. The molecule has 2 aromatic rings. The van der Waals surface area contributed by atoms with E-state index in [2.05, 4.69) is 17.1 Å². The van der Waals surface area contributed by atoms with E-state index in [-0.39, 0.29) is 5.82 Å². The second-order valence-electron chi connectivity index (χ2n) is 5.93. The fraction of sp³-hybridized carbons (Fsp3) is 0.533. The first-order chi connectivity index (χ1) is 9.22. The molecule has 2 atom stereocenters. The molecule has 100 valence electrons. The van der Waals surface area contributed by atoms with Gasteiger partial charge in [-0.1, -0.05) is 5.16 Å². The van der Waals surface area contributed by atoms with E-state index in [0.29, 0.717) is 23.6 Å². The molecule has 0 amide bonds. The Morgan fingerprint density at radius 2 is 2.00 bits per heavy atom. The zero-order chi connectivity index (χ0) is 13.0. The third-order valence-corrected chi connectivity index (χ3v) is 4.95. The summed E-state index contributed by atoms with van der Waals surface area (Å²) in [6.45, 7) is 0. The van der Waals surface area contributed by atoms with Crippen LogP contribution in [0.25, 0.3) is 11.0 Å². The van der Waals surface area contributed by atoms with Gasteiger partial charge in [0.15, 0.2) is 5.58 Å². The average molecular weight is 260 g/mol. The molecule has 4 rings (SSSR count). The maximum absolute atomic E-state index is 13.2. The molecule has 2 fully saturated rings. The first-order valence-corrected chi connectivity index (χ1v) is 6.99. The molecular formula is C15H17FN2O. The fourth-order valence-corrected chi connectivity index (χ4v) is 3.86. The van der Waals surface area contributed by atoms with Crippen molar-refractivity contribution in [1.82, 2.24) is 10.1 Å². The van der Waals surface area contributed by atoms with Crippen molar-refractivity contribution in [3.8, 4) is 0 Å². The summed E-state index contributed by atoms with van der Waals surface area (Å²) in [5, 5.41) is 5.20. The van der Waals surface area contributed by atoms with Crippen LogP contribution in [0.4, 0.5) is 4.39 Å². The van der Waals surface area contributed by atoms with E-state index in [1.165, 1.54) is 25.0 Å². The van der Waals surface area contributed by atoms with E-state index in [4.69, 9.17) is 4.52 Å². The quantitative estimate of drug-likeness (QED) is 0.787. The Hall–Kier alpha value is -1.42. The van der Waals surface area contributed by atoms with Crippen LogP contribution < -0.4 is 0 Å². The van der Waals surface area contributed by atoms with E-state index in [0.717, 1.165) is 23.9 Å². The van der Waals surface area contributed by atoms with Crippen LogP contribution in [0.1, 0.15) is 37.3 Å². The van der Waals surface area contributed by atoms with Gasteiger partial charge < -0.3 is 9.42 Å². The third-order valence-electron chi connectivity index (χ3n) is 4.95. The normalized spacial score (nSPS) is 31.2. The van der Waals surface area contributed by atoms with Gasteiger partial charge in [0.2, 0.25) is 0 Å². The van der Waals surface area contributed by atoms with Crippen LogP contribution in [0.5, 0.6) is 0 Å². The Kier molecular flexibility index (Phi) is 2.42. The number of aromatic nitrogens is 1. The molecule has 3 heterocycles. The lowest BCUT2D eigenvalue weighted by Gasteiger charge is -2.35. The Morgan fingerprint density at radius 3 is 2.74 bits per heavy atom. The predicted molar refractivity (Wildman–Crippen MR) is 70.5 cm³/mol. The van der Waals surface area contributed by atoms with E-state index >= 15 is 0 Å². The second kappa shape index (κ2) is 4.04. The molecule has 2 saturated heterocycles. The van der Waals surface area contributed by atoms with Crippen molar-refractivity contribution in [3.63, 3.8) is 0 Å². The van der Waals surface area contributed by atoms with E-state index < -0.39 is 0 Å².